The van der Waals surface area contributed by atoms with Crippen LogP contribution in [-0.4, -0.2) is 17.5 Å². The van der Waals surface area contributed by atoms with E-state index in [9.17, 15) is 0 Å². The molecule has 0 radical (unpaired) electrons. The minimum Gasteiger partial charge on any atom is -0.760 e. The summed E-state index contributed by atoms with van der Waals surface area (Å²) in [4.78, 5) is 0. The molecule has 0 aliphatic carbocycles. The van der Waals surface area contributed by atoms with Gasteiger partial charge in [-0.15, -0.1) is 0 Å². The quantitative estimate of drug-likeness (QED) is 0.301. The van der Waals surface area contributed by atoms with Crippen LogP contribution in [0, 0.1) is 0 Å². The number of hydrogen-bond donors (Lipinski definition) is 2. The summed E-state index contributed by atoms with van der Waals surface area (Å²) < 4.78 is 35.1. The molecule has 2 unspecified atom stereocenters. The van der Waals surface area contributed by atoms with Gasteiger partial charge in [0.15, 0.2) is 0 Å². The molecule has 4 N–H and O–H groups in total. The fourth-order valence-electron chi connectivity index (χ4n) is 0. The summed E-state index contributed by atoms with van der Waals surface area (Å²) in [6.45, 7) is 0. The summed E-state index contributed by atoms with van der Waals surface area (Å²) >= 11 is -4.72. The third kappa shape index (κ3) is 185. The Morgan fingerprint density at radius 1 is 0.900 bits per heavy atom. The zero-order valence-electron chi connectivity index (χ0n) is 5.60. The summed E-state index contributed by atoms with van der Waals surface area (Å²) in [5.74, 6) is 0. The summed E-state index contributed by atoms with van der Waals surface area (Å²) in [5, 5.41) is 8.06. The average Bonchev–Trinajstić information content (AvgIpc) is 1.25. The van der Waals surface area contributed by atoms with E-state index < -0.39 is 22.5 Å². The van der Waals surface area contributed by atoms with Gasteiger partial charge in [-0.05, 0) is 0 Å². The van der Waals surface area contributed by atoms with E-state index in [-0.39, 0.29) is 59.1 Å². The second-order valence-electron chi connectivity index (χ2n) is 0.521. The fourth-order valence-corrected chi connectivity index (χ4v) is 0. The molecule has 0 rings (SSSR count). The molecule has 10 heteroatoms. The molecule has 0 saturated heterocycles. The molecular formula is H4N2Na2O4S2. The van der Waals surface area contributed by atoms with E-state index in [0.717, 1.165) is 0 Å². The molecule has 0 aliphatic heterocycles. The Balaban J connectivity index is -0.0000000300. The van der Waals surface area contributed by atoms with Gasteiger partial charge in [0.05, 0.1) is 0 Å². The second kappa shape index (κ2) is 17.3. The van der Waals surface area contributed by atoms with Crippen LogP contribution in [0.5, 0.6) is 0 Å². The molecule has 52 valence electrons. The molecule has 0 aliphatic rings. The van der Waals surface area contributed by atoms with Crippen molar-refractivity contribution in [3.63, 3.8) is 0 Å². The van der Waals surface area contributed by atoms with Gasteiger partial charge >= 0.3 is 59.1 Å². The molecule has 0 spiro atoms. The van der Waals surface area contributed by atoms with Crippen LogP contribution in [-0.2, 0) is 22.5 Å². The predicted octanol–water partition coefficient (Wildman–Crippen LogP) is -8.51. The van der Waals surface area contributed by atoms with Gasteiger partial charge < -0.3 is 9.11 Å². The zero-order valence-corrected chi connectivity index (χ0v) is 11.2. The molecular weight excluding hydrogens is 202 g/mol. The van der Waals surface area contributed by atoms with Crippen molar-refractivity contribution in [3.8, 4) is 0 Å². The topological polar surface area (TPSA) is 132 Å². The van der Waals surface area contributed by atoms with E-state index in [1.807, 2.05) is 0 Å². The number of rotatable bonds is 0. The van der Waals surface area contributed by atoms with Gasteiger partial charge in [-0.1, -0.05) is 0 Å². The van der Waals surface area contributed by atoms with Crippen molar-refractivity contribution in [1.82, 2.24) is 0 Å². The molecule has 0 bridgehead atoms. The van der Waals surface area contributed by atoms with Gasteiger partial charge in [0.2, 0.25) is 0 Å². The fraction of sp³-hybridized carbons (Fsp3) is 0. The first-order valence-corrected chi connectivity index (χ1v) is 3.41. The third-order valence-electron chi connectivity index (χ3n) is 0. The zero-order chi connectivity index (χ0) is 7.15. The maximum Gasteiger partial charge on any atom is 1.00 e. The Kier molecular flexibility index (Phi) is 39.3. The Labute approximate surface area is 108 Å². The number of hydrogen-bond acceptors (Lipinski definition) is 4. The van der Waals surface area contributed by atoms with Crippen molar-refractivity contribution in [2.75, 3.05) is 0 Å². The first-order valence-electron chi connectivity index (χ1n) is 1.14. The van der Waals surface area contributed by atoms with Crippen molar-refractivity contribution < 1.29 is 76.6 Å². The number of nitrogens with two attached hydrogens (primary N) is 2. The largest absolute Gasteiger partial charge is 1.00 e. The van der Waals surface area contributed by atoms with Crippen molar-refractivity contribution in [2.45, 2.75) is 0 Å². The first-order chi connectivity index (χ1) is 3.46. The molecule has 6 nitrogen and oxygen atoms in total. The maximum absolute atomic E-state index is 8.78. The van der Waals surface area contributed by atoms with Crippen molar-refractivity contribution in [1.29, 1.82) is 0 Å². The Hall–Kier alpha value is 2.14. The van der Waals surface area contributed by atoms with Gasteiger partial charge in [0, 0.05) is 22.5 Å². The van der Waals surface area contributed by atoms with Crippen LogP contribution < -0.4 is 69.4 Å². The maximum atomic E-state index is 8.78. The van der Waals surface area contributed by atoms with E-state index in [0.29, 0.717) is 0 Å². The molecule has 0 fully saturated rings. The van der Waals surface area contributed by atoms with Crippen LogP contribution in [0.1, 0.15) is 0 Å². The van der Waals surface area contributed by atoms with Gasteiger partial charge in [-0.3, -0.25) is 18.7 Å². The minimum atomic E-state index is -2.36. The van der Waals surface area contributed by atoms with Gasteiger partial charge in [-0.25, -0.2) is 0 Å². The van der Waals surface area contributed by atoms with E-state index in [2.05, 4.69) is 10.3 Å². The summed E-state index contributed by atoms with van der Waals surface area (Å²) in [6.07, 6.45) is 0. The van der Waals surface area contributed by atoms with Crippen LogP contribution in [0.25, 0.3) is 0 Å². The smallest absolute Gasteiger partial charge is 0.760 e. The molecule has 0 amide bonds. The average molecular weight is 206 g/mol. The van der Waals surface area contributed by atoms with Gasteiger partial charge in [0.25, 0.3) is 0 Å². The standard InChI is InChI=1S/2H3NO2S.2Na/c2*1-4(2)3;;/h2*1H2,(H,2,3);;/q;;2*+1/p-2. The van der Waals surface area contributed by atoms with E-state index >= 15 is 0 Å². The SMILES string of the molecule is NS(=O)[O-].NS(=O)[O-].[Na+].[Na+]. The molecule has 0 saturated carbocycles. The molecule has 0 aromatic heterocycles. The van der Waals surface area contributed by atoms with Crippen LogP contribution >= 0.6 is 0 Å². The van der Waals surface area contributed by atoms with Crippen molar-refractivity contribution >= 4 is 22.5 Å². The molecule has 10 heavy (non-hydrogen) atoms. The predicted molar refractivity (Wildman–Crippen MR) is 26.2 cm³/mol. The van der Waals surface area contributed by atoms with Crippen molar-refractivity contribution in [3.05, 3.63) is 0 Å². The Bertz CT molecular complexity index is 77.3. The normalized spacial score (nSPS) is 12.4. The minimum absolute atomic E-state index is 0. The van der Waals surface area contributed by atoms with Crippen LogP contribution in [0.3, 0.4) is 0 Å². The van der Waals surface area contributed by atoms with Gasteiger partial charge in [-0.2, -0.15) is 0 Å². The van der Waals surface area contributed by atoms with E-state index in [1.165, 1.54) is 0 Å². The summed E-state index contributed by atoms with van der Waals surface area (Å²) in [6, 6.07) is 0. The van der Waals surface area contributed by atoms with Crippen LogP contribution in [0.2, 0.25) is 0 Å². The van der Waals surface area contributed by atoms with Crippen LogP contribution in [0.15, 0.2) is 0 Å². The molecule has 0 aromatic rings. The molecule has 0 aromatic carbocycles. The second-order valence-corrected chi connectivity index (χ2v) is 1.56. The van der Waals surface area contributed by atoms with Gasteiger partial charge in [0.1, 0.15) is 0 Å². The Morgan fingerprint density at radius 2 is 0.900 bits per heavy atom. The van der Waals surface area contributed by atoms with E-state index in [4.69, 9.17) is 17.5 Å². The monoisotopic (exact) mass is 206 g/mol. The molecule has 0 heterocycles. The summed E-state index contributed by atoms with van der Waals surface area (Å²) in [5.41, 5.74) is 0. The van der Waals surface area contributed by atoms with Crippen LogP contribution in [0.4, 0.5) is 0 Å². The summed E-state index contributed by atoms with van der Waals surface area (Å²) in [7, 11) is 0. The van der Waals surface area contributed by atoms with E-state index in [1.54, 1.807) is 0 Å². The Morgan fingerprint density at radius 3 is 0.900 bits per heavy atom. The first kappa shape index (κ1) is 22.7. The molecule has 2 atom stereocenters. The van der Waals surface area contributed by atoms with Crippen molar-refractivity contribution in [2.24, 2.45) is 10.3 Å². The third-order valence-corrected chi connectivity index (χ3v) is 0.